The SMILES string of the molecule is CN(CCC(=O)O)C(=O)N1CCN(C)c2ccccc21. The molecule has 1 aromatic rings. The number of hydrogen-bond acceptors (Lipinski definition) is 3. The van der Waals surface area contributed by atoms with Crippen molar-refractivity contribution in [2.24, 2.45) is 0 Å². The first kappa shape index (κ1) is 14.2. The van der Waals surface area contributed by atoms with Crippen molar-refractivity contribution < 1.29 is 14.7 Å². The molecule has 0 unspecified atom stereocenters. The first-order valence-electron chi connectivity index (χ1n) is 6.55. The number of amides is 2. The molecule has 108 valence electrons. The Balaban J connectivity index is 2.15. The second-order valence-corrected chi connectivity index (χ2v) is 4.91. The van der Waals surface area contributed by atoms with Crippen molar-refractivity contribution >= 4 is 23.4 Å². The highest BCUT2D eigenvalue weighted by molar-refractivity contribution is 5.96. The third-order valence-electron chi connectivity index (χ3n) is 3.46. The summed E-state index contributed by atoms with van der Waals surface area (Å²) in [6.07, 6.45) is -0.0440. The number of carboxylic acid groups (broad SMARTS) is 1. The van der Waals surface area contributed by atoms with Gasteiger partial charge in [0.05, 0.1) is 17.8 Å². The quantitative estimate of drug-likeness (QED) is 0.908. The fourth-order valence-electron chi connectivity index (χ4n) is 2.27. The maximum absolute atomic E-state index is 12.4. The fraction of sp³-hybridized carbons (Fsp3) is 0.429. The van der Waals surface area contributed by atoms with Crippen LogP contribution >= 0.6 is 0 Å². The highest BCUT2D eigenvalue weighted by Gasteiger charge is 2.26. The van der Waals surface area contributed by atoms with Crippen molar-refractivity contribution in [1.82, 2.24) is 4.90 Å². The Morgan fingerprint density at radius 3 is 2.55 bits per heavy atom. The zero-order valence-corrected chi connectivity index (χ0v) is 11.7. The Morgan fingerprint density at radius 1 is 1.25 bits per heavy atom. The summed E-state index contributed by atoms with van der Waals surface area (Å²) in [4.78, 5) is 28.3. The number of carbonyl (C=O) groups excluding carboxylic acids is 1. The van der Waals surface area contributed by atoms with E-state index in [1.807, 2.05) is 31.3 Å². The Labute approximate surface area is 118 Å². The van der Waals surface area contributed by atoms with E-state index in [0.29, 0.717) is 6.54 Å². The lowest BCUT2D eigenvalue weighted by Crippen LogP contribution is -2.48. The Bertz CT molecular complexity index is 518. The number of carbonyl (C=O) groups is 2. The second-order valence-electron chi connectivity index (χ2n) is 4.91. The molecule has 0 aliphatic carbocycles. The Morgan fingerprint density at radius 2 is 1.90 bits per heavy atom. The molecule has 0 bridgehead atoms. The predicted octanol–water partition coefficient (Wildman–Crippen LogP) is 1.47. The monoisotopic (exact) mass is 277 g/mol. The van der Waals surface area contributed by atoms with Gasteiger partial charge in [0, 0.05) is 33.7 Å². The van der Waals surface area contributed by atoms with Crippen molar-refractivity contribution in [3.63, 3.8) is 0 Å². The molecule has 0 spiro atoms. The number of hydrogen-bond donors (Lipinski definition) is 1. The summed E-state index contributed by atoms with van der Waals surface area (Å²) in [6.45, 7) is 1.57. The highest BCUT2D eigenvalue weighted by Crippen LogP contribution is 2.32. The molecule has 0 fully saturated rings. The lowest BCUT2D eigenvalue weighted by atomic mass is 10.2. The standard InChI is InChI=1S/C14H19N3O3/c1-15-9-10-17(12-6-4-3-5-11(12)15)14(20)16(2)8-7-13(18)19/h3-6H,7-10H2,1-2H3,(H,18,19). The van der Waals surface area contributed by atoms with Gasteiger partial charge in [-0.15, -0.1) is 0 Å². The van der Waals surface area contributed by atoms with Gasteiger partial charge in [-0.25, -0.2) is 4.79 Å². The van der Waals surface area contributed by atoms with Gasteiger partial charge >= 0.3 is 12.0 Å². The van der Waals surface area contributed by atoms with E-state index in [1.54, 1.807) is 11.9 Å². The number of anilines is 2. The molecule has 0 radical (unpaired) electrons. The maximum atomic E-state index is 12.4. The summed E-state index contributed by atoms with van der Waals surface area (Å²) < 4.78 is 0. The first-order chi connectivity index (χ1) is 9.50. The molecule has 0 saturated heterocycles. The van der Waals surface area contributed by atoms with Crippen LogP contribution in [-0.2, 0) is 4.79 Å². The average Bonchev–Trinajstić information content (AvgIpc) is 2.44. The summed E-state index contributed by atoms with van der Waals surface area (Å²) in [6, 6.07) is 7.57. The van der Waals surface area contributed by atoms with Crippen LogP contribution in [0.15, 0.2) is 24.3 Å². The molecule has 6 nitrogen and oxygen atoms in total. The van der Waals surface area contributed by atoms with E-state index in [-0.39, 0.29) is 19.0 Å². The Kier molecular flexibility index (Phi) is 4.12. The van der Waals surface area contributed by atoms with E-state index >= 15 is 0 Å². The molecule has 1 N–H and O–H groups in total. The van der Waals surface area contributed by atoms with Crippen molar-refractivity contribution in [2.75, 3.05) is 43.5 Å². The fourth-order valence-corrected chi connectivity index (χ4v) is 2.27. The van der Waals surface area contributed by atoms with E-state index in [2.05, 4.69) is 4.90 Å². The summed E-state index contributed by atoms with van der Waals surface area (Å²) >= 11 is 0. The zero-order chi connectivity index (χ0) is 14.7. The largest absolute Gasteiger partial charge is 0.481 e. The minimum atomic E-state index is -0.900. The minimum Gasteiger partial charge on any atom is -0.481 e. The number of likely N-dealkylation sites (N-methyl/N-ethyl adjacent to an activating group) is 1. The van der Waals surface area contributed by atoms with Gasteiger partial charge in [-0.3, -0.25) is 9.69 Å². The predicted molar refractivity (Wildman–Crippen MR) is 77.3 cm³/mol. The third kappa shape index (κ3) is 2.84. The molecule has 0 saturated carbocycles. The normalized spacial score (nSPS) is 13.9. The van der Waals surface area contributed by atoms with E-state index in [1.165, 1.54) is 4.90 Å². The van der Waals surface area contributed by atoms with Crippen molar-refractivity contribution in [2.45, 2.75) is 6.42 Å². The van der Waals surface area contributed by atoms with Gasteiger partial charge < -0.3 is 14.9 Å². The number of carboxylic acids is 1. The van der Waals surface area contributed by atoms with Crippen LogP contribution in [0.25, 0.3) is 0 Å². The third-order valence-corrected chi connectivity index (χ3v) is 3.46. The number of benzene rings is 1. The first-order valence-corrected chi connectivity index (χ1v) is 6.55. The van der Waals surface area contributed by atoms with E-state index in [4.69, 9.17) is 5.11 Å². The number of rotatable bonds is 3. The summed E-state index contributed by atoms with van der Waals surface area (Å²) in [5, 5.41) is 8.69. The second kappa shape index (κ2) is 5.81. The number of para-hydroxylation sites is 2. The van der Waals surface area contributed by atoms with Gasteiger partial charge in [0.15, 0.2) is 0 Å². The van der Waals surface area contributed by atoms with Crippen LogP contribution in [0.2, 0.25) is 0 Å². The van der Waals surface area contributed by atoms with Gasteiger partial charge in [-0.1, -0.05) is 12.1 Å². The van der Waals surface area contributed by atoms with E-state index < -0.39 is 5.97 Å². The van der Waals surface area contributed by atoms with E-state index in [0.717, 1.165) is 17.9 Å². The summed E-state index contributed by atoms with van der Waals surface area (Å²) in [7, 11) is 3.63. The molecule has 1 aliphatic heterocycles. The molecule has 20 heavy (non-hydrogen) atoms. The van der Waals surface area contributed by atoms with Crippen LogP contribution in [0.5, 0.6) is 0 Å². The topological polar surface area (TPSA) is 64.1 Å². The molecular weight excluding hydrogens is 258 g/mol. The van der Waals surface area contributed by atoms with Gasteiger partial charge in [0.2, 0.25) is 0 Å². The number of aliphatic carboxylic acids is 1. The van der Waals surface area contributed by atoms with Crippen molar-refractivity contribution in [3.8, 4) is 0 Å². The summed E-state index contributed by atoms with van der Waals surface area (Å²) in [5.74, 6) is -0.900. The molecule has 1 heterocycles. The lowest BCUT2D eigenvalue weighted by molar-refractivity contribution is -0.137. The van der Waals surface area contributed by atoms with Crippen LogP contribution in [0.1, 0.15) is 6.42 Å². The Hall–Kier alpha value is -2.24. The molecule has 0 aromatic heterocycles. The molecule has 2 amide bonds. The van der Waals surface area contributed by atoms with Crippen LogP contribution < -0.4 is 9.80 Å². The van der Waals surface area contributed by atoms with Crippen molar-refractivity contribution in [1.29, 1.82) is 0 Å². The smallest absolute Gasteiger partial charge is 0.324 e. The van der Waals surface area contributed by atoms with Crippen LogP contribution in [0.4, 0.5) is 16.2 Å². The molecule has 2 rings (SSSR count). The average molecular weight is 277 g/mol. The summed E-state index contributed by atoms with van der Waals surface area (Å²) in [5.41, 5.74) is 1.88. The van der Waals surface area contributed by atoms with Crippen LogP contribution in [0.3, 0.4) is 0 Å². The van der Waals surface area contributed by atoms with E-state index in [9.17, 15) is 9.59 Å². The van der Waals surface area contributed by atoms with Gasteiger partial charge in [-0.2, -0.15) is 0 Å². The number of nitrogens with zero attached hydrogens (tertiary/aromatic N) is 3. The van der Waals surface area contributed by atoms with Crippen LogP contribution in [0, 0.1) is 0 Å². The molecule has 1 aromatic carbocycles. The van der Waals surface area contributed by atoms with Gasteiger partial charge in [-0.05, 0) is 12.1 Å². The molecule has 0 atom stereocenters. The number of fused-ring (bicyclic) bond motifs is 1. The molecule has 1 aliphatic rings. The van der Waals surface area contributed by atoms with Crippen molar-refractivity contribution in [3.05, 3.63) is 24.3 Å². The lowest BCUT2D eigenvalue weighted by Gasteiger charge is -2.37. The molecule has 6 heteroatoms. The maximum Gasteiger partial charge on any atom is 0.324 e. The van der Waals surface area contributed by atoms with Crippen LogP contribution in [-0.4, -0.2) is 55.7 Å². The molecular formula is C14H19N3O3. The zero-order valence-electron chi connectivity index (χ0n) is 11.7. The highest BCUT2D eigenvalue weighted by atomic mass is 16.4. The van der Waals surface area contributed by atoms with Gasteiger partial charge in [0.1, 0.15) is 0 Å². The minimum absolute atomic E-state index is 0.0440. The number of urea groups is 1. The van der Waals surface area contributed by atoms with Gasteiger partial charge in [0.25, 0.3) is 0 Å².